The fraction of sp³-hybridized carbons (Fsp3) is 0.765. The summed E-state index contributed by atoms with van der Waals surface area (Å²) in [6, 6.07) is 0. The van der Waals surface area contributed by atoms with E-state index >= 15 is 0 Å². The lowest BCUT2D eigenvalue weighted by Gasteiger charge is -2.28. The molecule has 138 valence electrons. The quantitative estimate of drug-likeness (QED) is 0.370. The number of halogens is 1. The first-order valence-electron chi connectivity index (χ1n) is 8.85. The number of piperidine rings is 1. The molecule has 0 aromatic carbocycles. The Bertz CT molecular complexity index is 491. The highest BCUT2D eigenvalue weighted by Gasteiger charge is 2.16. The molecule has 7 heteroatoms. The van der Waals surface area contributed by atoms with Gasteiger partial charge in [-0.1, -0.05) is 6.92 Å². The van der Waals surface area contributed by atoms with Gasteiger partial charge >= 0.3 is 0 Å². The molecule has 0 amide bonds. The molecule has 1 aliphatic heterocycles. The molecule has 2 rings (SSSR count). The zero-order valence-corrected chi connectivity index (χ0v) is 18.3. The summed E-state index contributed by atoms with van der Waals surface area (Å²) < 4.78 is 0. The van der Waals surface area contributed by atoms with Crippen molar-refractivity contribution in [2.24, 2.45) is 10.9 Å². The predicted octanol–water partition coefficient (Wildman–Crippen LogP) is 2.76. The van der Waals surface area contributed by atoms with E-state index in [1.807, 2.05) is 17.5 Å². The average Bonchev–Trinajstić information content (AvgIpc) is 3.01. The summed E-state index contributed by atoms with van der Waals surface area (Å²) in [6.07, 6.45) is 6.63. The number of nitrogens with one attached hydrogen (secondary N) is 2. The summed E-state index contributed by atoms with van der Waals surface area (Å²) in [7, 11) is 2.21. The van der Waals surface area contributed by atoms with Crippen LogP contribution >= 0.6 is 35.3 Å². The van der Waals surface area contributed by atoms with Crippen molar-refractivity contribution in [3.63, 3.8) is 0 Å². The number of guanidine groups is 1. The molecule has 1 atom stereocenters. The lowest BCUT2D eigenvalue weighted by molar-refractivity contribution is 0.214. The highest BCUT2D eigenvalue weighted by Crippen LogP contribution is 2.15. The van der Waals surface area contributed by atoms with Gasteiger partial charge in [0.15, 0.2) is 5.96 Å². The first kappa shape index (κ1) is 21.6. The molecule has 1 unspecified atom stereocenters. The lowest BCUT2D eigenvalue weighted by Crippen LogP contribution is -2.39. The largest absolute Gasteiger partial charge is 0.357 e. The van der Waals surface area contributed by atoms with Crippen LogP contribution in [0.4, 0.5) is 0 Å². The first-order chi connectivity index (χ1) is 11.2. The van der Waals surface area contributed by atoms with Crippen LogP contribution in [0.1, 0.15) is 36.6 Å². The third-order valence-corrected chi connectivity index (χ3v) is 5.36. The van der Waals surface area contributed by atoms with Gasteiger partial charge in [-0.05, 0) is 45.7 Å². The third-order valence-electron chi connectivity index (χ3n) is 4.16. The van der Waals surface area contributed by atoms with E-state index in [1.165, 1.54) is 35.8 Å². The second-order valence-corrected chi connectivity index (χ2v) is 7.44. The molecule has 2 N–H and O–H groups in total. The Hall–Kier alpha value is -0.410. The van der Waals surface area contributed by atoms with E-state index in [4.69, 9.17) is 4.99 Å². The summed E-state index contributed by atoms with van der Waals surface area (Å²) in [4.78, 5) is 13.0. The molecule has 0 aliphatic carbocycles. The van der Waals surface area contributed by atoms with Crippen LogP contribution in [0.3, 0.4) is 0 Å². The monoisotopic (exact) mass is 465 g/mol. The SMILES string of the molecule is CCNC(=NCC1CCCN(C)C1)NCCc1ncc(CC)s1.I. The second-order valence-electron chi connectivity index (χ2n) is 6.24. The molecule has 1 aromatic rings. The molecule has 1 aliphatic rings. The molecule has 5 nitrogen and oxygen atoms in total. The van der Waals surface area contributed by atoms with Gasteiger partial charge in [-0.15, -0.1) is 35.3 Å². The zero-order chi connectivity index (χ0) is 16.5. The van der Waals surface area contributed by atoms with E-state index in [0.717, 1.165) is 38.4 Å². The van der Waals surface area contributed by atoms with Gasteiger partial charge in [-0.25, -0.2) is 4.98 Å². The van der Waals surface area contributed by atoms with Gasteiger partial charge in [-0.3, -0.25) is 4.99 Å². The molecule has 24 heavy (non-hydrogen) atoms. The highest BCUT2D eigenvalue weighted by molar-refractivity contribution is 14.0. The molecular formula is C17H32IN5S. The Labute approximate surface area is 167 Å². The number of aryl methyl sites for hydroxylation is 1. The maximum atomic E-state index is 4.77. The summed E-state index contributed by atoms with van der Waals surface area (Å²) in [5.41, 5.74) is 0. The van der Waals surface area contributed by atoms with Gasteiger partial charge < -0.3 is 15.5 Å². The second kappa shape index (κ2) is 12.0. The van der Waals surface area contributed by atoms with Crippen LogP contribution in [0.5, 0.6) is 0 Å². The van der Waals surface area contributed by atoms with Gasteiger partial charge in [0.25, 0.3) is 0 Å². The molecule has 2 heterocycles. The van der Waals surface area contributed by atoms with E-state index in [1.54, 1.807) is 0 Å². The molecule has 0 saturated carbocycles. The number of hydrogen-bond donors (Lipinski definition) is 2. The van der Waals surface area contributed by atoms with E-state index in [0.29, 0.717) is 5.92 Å². The molecule has 1 saturated heterocycles. The summed E-state index contributed by atoms with van der Waals surface area (Å²) in [5, 5.41) is 7.99. The van der Waals surface area contributed by atoms with Crippen molar-refractivity contribution in [3.05, 3.63) is 16.1 Å². The molecule has 0 spiro atoms. The normalized spacial score (nSPS) is 19.0. The number of hydrogen-bond acceptors (Lipinski definition) is 4. The Kier molecular flexibility index (Phi) is 10.8. The number of thiazole rings is 1. The highest BCUT2D eigenvalue weighted by atomic mass is 127. The number of rotatable bonds is 7. The third kappa shape index (κ3) is 7.65. The Morgan fingerprint density at radius 3 is 2.92 bits per heavy atom. The predicted molar refractivity (Wildman–Crippen MR) is 115 cm³/mol. The van der Waals surface area contributed by atoms with Crippen molar-refractivity contribution in [3.8, 4) is 0 Å². The van der Waals surface area contributed by atoms with Gasteiger partial charge in [-0.2, -0.15) is 0 Å². The molecule has 0 radical (unpaired) electrons. The van der Waals surface area contributed by atoms with E-state index in [-0.39, 0.29) is 24.0 Å². The minimum atomic E-state index is 0. The molecule has 0 bridgehead atoms. The average molecular weight is 465 g/mol. The maximum absolute atomic E-state index is 4.77. The number of nitrogens with zero attached hydrogens (tertiary/aromatic N) is 3. The van der Waals surface area contributed by atoms with Crippen LogP contribution in [0.15, 0.2) is 11.2 Å². The van der Waals surface area contributed by atoms with Crippen molar-refractivity contribution in [1.29, 1.82) is 0 Å². The fourth-order valence-electron chi connectivity index (χ4n) is 2.90. The zero-order valence-electron chi connectivity index (χ0n) is 15.2. The molecule has 1 fully saturated rings. The Balaban J connectivity index is 0.00000288. The Morgan fingerprint density at radius 2 is 2.25 bits per heavy atom. The van der Waals surface area contributed by atoms with Crippen LogP contribution in [0, 0.1) is 5.92 Å². The lowest BCUT2D eigenvalue weighted by atomic mass is 9.99. The van der Waals surface area contributed by atoms with E-state index in [2.05, 4.69) is 41.4 Å². The van der Waals surface area contributed by atoms with Crippen molar-refractivity contribution in [1.82, 2.24) is 20.5 Å². The van der Waals surface area contributed by atoms with Gasteiger partial charge in [0.1, 0.15) is 0 Å². The standard InChI is InChI=1S/C17H31N5S.HI/c1-4-15-12-20-16(23-15)8-9-19-17(18-5-2)21-11-14-7-6-10-22(3)13-14;/h12,14H,4-11,13H2,1-3H3,(H2,18,19,21);1H. The minimum absolute atomic E-state index is 0. The van der Waals surface area contributed by atoms with Crippen LogP contribution < -0.4 is 10.6 Å². The van der Waals surface area contributed by atoms with Crippen LogP contribution in [-0.4, -0.2) is 55.6 Å². The van der Waals surface area contributed by atoms with Gasteiger partial charge in [0.2, 0.25) is 0 Å². The van der Waals surface area contributed by atoms with Crippen molar-refractivity contribution in [2.75, 3.05) is 39.8 Å². The minimum Gasteiger partial charge on any atom is -0.357 e. The molecular weight excluding hydrogens is 433 g/mol. The summed E-state index contributed by atoms with van der Waals surface area (Å²) >= 11 is 1.82. The van der Waals surface area contributed by atoms with Crippen LogP contribution in [0.2, 0.25) is 0 Å². The smallest absolute Gasteiger partial charge is 0.191 e. The first-order valence-corrected chi connectivity index (χ1v) is 9.67. The summed E-state index contributed by atoms with van der Waals surface area (Å²) in [6.45, 7) is 9.37. The molecule has 1 aromatic heterocycles. The number of likely N-dealkylation sites (tertiary alicyclic amines) is 1. The van der Waals surface area contributed by atoms with E-state index in [9.17, 15) is 0 Å². The van der Waals surface area contributed by atoms with Crippen LogP contribution in [0.25, 0.3) is 0 Å². The number of aromatic nitrogens is 1. The maximum Gasteiger partial charge on any atom is 0.191 e. The van der Waals surface area contributed by atoms with Gasteiger partial charge in [0.05, 0.1) is 5.01 Å². The summed E-state index contributed by atoms with van der Waals surface area (Å²) in [5.74, 6) is 1.63. The van der Waals surface area contributed by atoms with Crippen molar-refractivity contribution in [2.45, 2.75) is 39.5 Å². The van der Waals surface area contributed by atoms with Gasteiger partial charge in [0, 0.05) is 43.7 Å². The van der Waals surface area contributed by atoms with Crippen molar-refractivity contribution < 1.29 is 0 Å². The topological polar surface area (TPSA) is 52.6 Å². The number of aliphatic imine (C=N–C) groups is 1. The van der Waals surface area contributed by atoms with E-state index < -0.39 is 0 Å². The fourth-order valence-corrected chi connectivity index (χ4v) is 3.76. The van der Waals surface area contributed by atoms with Crippen LogP contribution in [-0.2, 0) is 12.8 Å². The van der Waals surface area contributed by atoms with Crippen molar-refractivity contribution >= 4 is 41.3 Å². The Morgan fingerprint density at radius 1 is 1.42 bits per heavy atom.